The minimum absolute atomic E-state index is 0.0599. The van der Waals surface area contributed by atoms with Crippen LogP contribution in [0.25, 0.3) is 32.4 Å². The van der Waals surface area contributed by atoms with Gasteiger partial charge in [-0.25, -0.2) is 9.37 Å². The van der Waals surface area contributed by atoms with Gasteiger partial charge in [0, 0.05) is 26.7 Å². The fraction of sp³-hybridized carbons (Fsp3) is 0. The Morgan fingerprint density at radius 2 is 2.04 bits per heavy atom. The third-order valence-corrected chi connectivity index (χ3v) is 5.52. The highest BCUT2D eigenvalue weighted by Gasteiger charge is 2.15. The van der Waals surface area contributed by atoms with E-state index in [1.165, 1.54) is 12.4 Å². The Bertz CT molecular complexity index is 1280. The number of hydrogen-bond donors (Lipinski definition) is 2. The Morgan fingerprint density at radius 1 is 1.11 bits per heavy atom. The van der Waals surface area contributed by atoms with Crippen LogP contribution in [0.5, 0.6) is 0 Å². The molecule has 0 fully saturated rings. The van der Waals surface area contributed by atoms with Crippen molar-refractivity contribution in [2.45, 2.75) is 0 Å². The number of thiophene rings is 1. The summed E-state index contributed by atoms with van der Waals surface area (Å²) in [5, 5.41) is 15.4. The zero-order chi connectivity index (χ0) is 18.4. The number of aromatic nitrogens is 4. The largest absolute Gasteiger partial charge is 0.340 e. The second kappa shape index (κ2) is 6.29. The summed E-state index contributed by atoms with van der Waals surface area (Å²) < 4.78 is 14.6. The predicted molar refractivity (Wildman–Crippen MR) is 107 cm³/mol. The van der Waals surface area contributed by atoms with Crippen LogP contribution in [0, 0.1) is 5.82 Å². The maximum absolute atomic E-state index is 13.5. The number of anilines is 2. The summed E-state index contributed by atoms with van der Waals surface area (Å²) in [6.07, 6.45) is 1.54. The summed E-state index contributed by atoms with van der Waals surface area (Å²) in [6, 6.07) is 12.5. The van der Waals surface area contributed by atoms with Crippen LogP contribution in [0.3, 0.4) is 0 Å². The van der Waals surface area contributed by atoms with E-state index in [1.54, 1.807) is 23.5 Å². The first-order valence-corrected chi connectivity index (χ1v) is 9.35. The first-order valence-electron chi connectivity index (χ1n) is 8.09. The van der Waals surface area contributed by atoms with Gasteiger partial charge in [-0.15, -0.1) is 21.5 Å². The second-order valence-corrected chi connectivity index (χ2v) is 7.24. The van der Waals surface area contributed by atoms with Crippen LogP contribution in [-0.2, 0) is 0 Å². The number of halogens is 2. The quantitative estimate of drug-likeness (QED) is 0.407. The maximum Gasteiger partial charge on any atom is 0.163 e. The molecule has 0 saturated carbocycles. The highest BCUT2D eigenvalue weighted by Crippen LogP contribution is 2.37. The van der Waals surface area contributed by atoms with Crippen LogP contribution in [0.2, 0.25) is 5.02 Å². The van der Waals surface area contributed by atoms with Crippen LogP contribution >= 0.6 is 22.9 Å². The van der Waals surface area contributed by atoms with E-state index in [0.717, 1.165) is 26.6 Å². The zero-order valence-corrected chi connectivity index (χ0v) is 15.3. The smallest absolute Gasteiger partial charge is 0.163 e. The summed E-state index contributed by atoms with van der Waals surface area (Å²) in [5.41, 5.74) is 2.33. The highest BCUT2D eigenvalue weighted by molar-refractivity contribution is 7.18. The van der Waals surface area contributed by atoms with E-state index >= 15 is 0 Å². The van der Waals surface area contributed by atoms with Gasteiger partial charge in [-0.3, -0.25) is 0 Å². The van der Waals surface area contributed by atoms with Crippen molar-refractivity contribution in [1.29, 1.82) is 0 Å². The third kappa shape index (κ3) is 2.72. The summed E-state index contributed by atoms with van der Waals surface area (Å²) in [6.45, 7) is 0. The van der Waals surface area contributed by atoms with Crippen molar-refractivity contribution < 1.29 is 4.39 Å². The molecule has 0 bridgehead atoms. The molecule has 2 N–H and O–H groups in total. The fourth-order valence-corrected chi connectivity index (χ4v) is 4.16. The van der Waals surface area contributed by atoms with E-state index in [-0.39, 0.29) is 5.02 Å². The minimum atomic E-state index is -0.457. The van der Waals surface area contributed by atoms with Crippen LogP contribution in [0.4, 0.5) is 15.9 Å². The van der Waals surface area contributed by atoms with E-state index in [0.29, 0.717) is 17.3 Å². The van der Waals surface area contributed by atoms with E-state index in [2.05, 4.69) is 20.5 Å². The van der Waals surface area contributed by atoms with Gasteiger partial charge in [0.15, 0.2) is 5.82 Å². The predicted octanol–water partition coefficient (Wildman–Crippen LogP) is 5.77. The lowest BCUT2D eigenvalue weighted by atomic mass is 10.1. The van der Waals surface area contributed by atoms with Gasteiger partial charge in [0.25, 0.3) is 0 Å². The van der Waals surface area contributed by atoms with Crippen molar-refractivity contribution in [3.05, 3.63) is 65.0 Å². The molecule has 3 heterocycles. The first-order chi connectivity index (χ1) is 13.2. The molecular weight excluding hydrogens is 385 g/mol. The highest BCUT2D eigenvalue weighted by atomic mass is 35.5. The Hall–Kier alpha value is -3.03. The number of nitrogens with zero attached hydrogens (tertiary/aromatic N) is 3. The van der Waals surface area contributed by atoms with E-state index < -0.39 is 5.82 Å². The molecule has 0 aliphatic heterocycles. The molecule has 0 atom stereocenters. The van der Waals surface area contributed by atoms with Gasteiger partial charge in [-0.2, -0.15) is 0 Å². The number of nitrogens with one attached hydrogen (secondary N) is 2. The van der Waals surface area contributed by atoms with Crippen molar-refractivity contribution in [3.8, 4) is 11.4 Å². The van der Waals surface area contributed by atoms with Crippen molar-refractivity contribution in [3.63, 3.8) is 0 Å². The lowest BCUT2D eigenvalue weighted by Crippen LogP contribution is -1.97. The number of fused-ring (bicyclic) bond motifs is 3. The topological polar surface area (TPSA) is 66.5 Å². The molecule has 0 amide bonds. The van der Waals surface area contributed by atoms with Crippen molar-refractivity contribution in [2.24, 2.45) is 0 Å². The van der Waals surface area contributed by atoms with Crippen molar-refractivity contribution in [2.75, 3.05) is 5.32 Å². The normalized spacial score (nSPS) is 11.3. The number of H-pyrrole nitrogens is 1. The molecule has 132 valence electrons. The molecule has 0 radical (unpaired) electrons. The monoisotopic (exact) mass is 395 g/mol. The third-order valence-electron chi connectivity index (χ3n) is 4.28. The van der Waals surface area contributed by atoms with Gasteiger partial charge in [0.2, 0.25) is 0 Å². The average molecular weight is 396 g/mol. The number of rotatable bonds is 3. The minimum Gasteiger partial charge on any atom is -0.340 e. The van der Waals surface area contributed by atoms with Gasteiger partial charge in [0.1, 0.15) is 18.0 Å². The molecule has 2 aromatic carbocycles. The lowest BCUT2D eigenvalue weighted by molar-refractivity contribution is 0.628. The Labute approximate surface area is 161 Å². The Kier molecular flexibility index (Phi) is 3.77. The van der Waals surface area contributed by atoms with Crippen LogP contribution in [-0.4, -0.2) is 20.2 Å². The molecule has 0 spiro atoms. The molecule has 0 aliphatic rings. The van der Waals surface area contributed by atoms with Gasteiger partial charge in [-0.1, -0.05) is 23.7 Å². The Morgan fingerprint density at radius 3 is 2.85 bits per heavy atom. The summed E-state index contributed by atoms with van der Waals surface area (Å²) >= 11 is 7.55. The summed E-state index contributed by atoms with van der Waals surface area (Å²) in [4.78, 5) is 7.88. The number of para-hydroxylation sites is 1. The number of hydrogen-bond acceptors (Lipinski definition) is 5. The molecule has 8 heteroatoms. The standard InChI is InChI=1S/C19H11ClFN5S/c20-14-8-10(4-5-15(14)21)24-19-13-6-7-27-17(13)11-2-1-3-12(16(11)25-19)18-22-9-23-26-18/h1-9H,(H,24,25)(H,22,23,26). The molecule has 0 saturated heterocycles. The van der Waals surface area contributed by atoms with Crippen molar-refractivity contribution in [1.82, 2.24) is 20.2 Å². The average Bonchev–Trinajstić information content (AvgIpc) is 3.36. The molecular formula is C19H11ClFN5S. The fourth-order valence-electron chi connectivity index (χ4n) is 3.06. The van der Waals surface area contributed by atoms with Gasteiger partial charge >= 0.3 is 0 Å². The zero-order valence-electron chi connectivity index (χ0n) is 13.7. The van der Waals surface area contributed by atoms with Crippen LogP contribution in [0.1, 0.15) is 0 Å². The van der Waals surface area contributed by atoms with Gasteiger partial charge in [0.05, 0.1) is 10.5 Å². The van der Waals surface area contributed by atoms with Gasteiger partial charge in [-0.05, 0) is 35.7 Å². The molecule has 0 unspecified atom stereocenters. The summed E-state index contributed by atoms with van der Waals surface area (Å²) in [5.74, 6) is 0.871. The van der Waals surface area contributed by atoms with Crippen LogP contribution < -0.4 is 5.32 Å². The first kappa shape index (κ1) is 16.2. The molecule has 5 aromatic rings. The Balaban J connectivity index is 1.74. The maximum atomic E-state index is 13.5. The lowest BCUT2D eigenvalue weighted by Gasteiger charge is -2.11. The number of aromatic amines is 1. The van der Waals surface area contributed by atoms with Crippen molar-refractivity contribution >= 4 is 55.4 Å². The van der Waals surface area contributed by atoms with E-state index in [4.69, 9.17) is 16.6 Å². The molecule has 27 heavy (non-hydrogen) atoms. The van der Waals surface area contributed by atoms with Gasteiger partial charge < -0.3 is 10.3 Å². The van der Waals surface area contributed by atoms with E-state index in [1.807, 2.05) is 29.6 Å². The molecule has 3 aromatic heterocycles. The summed E-state index contributed by atoms with van der Waals surface area (Å²) in [7, 11) is 0. The molecule has 0 aliphatic carbocycles. The number of benzene rings is 2. The van der Waals surface area contributed by atoms with Crippen LogP contribution in [0.15, 0.2) is 54.2 Å². The SMILES string of the molecule is Fc1ccc(Nc2nc3c(-c4nnc[nH]4)cccc3c3sccc23)cc1Cl. The second-order valence-electron chi connectivity index (χ2n) is 5.92. The molecule has 5 nitrogen and oxygen atoms in total. The number of pyridine rings is 1. The van der Waals surface area contributed by atoms with E-state index in [9.17, 15) is 4.39 Å². The molecule has 5 rings (SSSR count).